The molecule has 4 N–H and O–H groups in total. The molecule has 1 unspecified atom stereocenters. The smallest absolute Gasteiger partial charge is 0.254 e. The minimum absolute atomic E-state index is 0.240. The van der Waals surface area contributed by atoms with E-state index < -0.39 is 11.9 Å². The third-order valence-corrected chi connectivity index (χ3v) is 2.88. The first kappa shape index (κ1) is 16.8. The van der Waals surface area contributed by atoms with Crippen LogP contribution in [0.5, 0.6) is 5.75 Å². The molecule has 0 aliphatic carbocycles. The van der Waals surface area contributed by atoms with Crippen molar-refractivity contribution in [2.75, 3.05) is 33.1 Å². The second-order valence-electron chi connectivity index (χ2n) is 4.40. The first-order chi connectivity index (χ1) is 10.0. The van der Waals surface area contributed by atoms with Gasteiger partial charge in [0.15, 0.2) is 0 Å². The molecule has 116 valence electrons. The number of nitrogen functional groups attached to an aromatic ring is 1. The van der Waals surface area contributed by atoms with Crippen LogP contribution in [0.2, 0.25) is 0 Å². The van der Waals surface area contributed by atoms with Gasteiger partial charge in [0.05, 0.1) is 25.0 Å². The Bertz CT molecular complexity index is 505. The standard InChI is InChI=1S/C14H21N3O4/c1-9(13(18)16-7-8-20-2)17-14(19)10-5-4-6-11(21-3)12(10)15/h4-6,9H,7-8,15H2,1-3H3,(H,16,18)(H,17,19). The van der Waals surface area contributed by atoms with Crippen LogP contribution >= 0.6 is 0 Å². The zero-order valence-electron chi connectivity index (χ0n) is 12.4. The van der Waals surface area contributed by atoms with Gasteiger partial charge in [-0.15, -0.1) is 0 Å². The number of hydrogen-bond acceptors (Lipinski definition) is 5. The van der Waals surface area contributed by atoms with E-state index in [1.165, 1.54) is 7.11 Å². The average Bonchev–Trinajstić information content (AvgIpc) is 2.47. The van der Waals surface area contributed by atoms with E-state index >= 15 is 0 Å². The molecular weight excluding hydrogens is 274 g/mol. The van der Waals surface area contributed by atoms with Crippen LogP contribution in [-0.2, 0) is 9.53 Å². The normalized spacial score (nSPS) is 11.6. The maximum absolute atomic E-state index is 12.1. The highest BCUT2D eigenvalue weighted by Crippen LogP contribution is 2.24. The second kappa shape index (κ2) is 8.11. The average molecular weight is 295 g/mol. The maximum Gasteiger partial charge on any atom is 0.254 e. The lowest BCUT2D eigenvalue weighted by Gasteiger charge is -2.15. The maximum atomic E-state index is 12.1. The number of methoxy groups -OCH3 is 2. The number of ether oxygens (including phenoxy) is 2. The summed E-state index contributed by atoms with van der Waals surface area (Å²) in [6.07, 6.45) is 0. The molecule has 1 aromatic rings. The molecule has 0 bridgehead atoms. The number of amides is 2. The number of rotatable bonds is 7. The molecule has 1 aromatic carbocycles. The van der Waals surface area contributed by atoms with Crippen LogP contribution in [0.1, 0.15) is 17.3 Å². The van der Waals surface area contributed by atoms with Gasteiger partial charge >= 0.3 is 0 Å². The molecule has 0 heterocycles. The van der Waals surface area contributed by atoms with Crippen LogP contribution < -0.4 is 21.1 Å². The SMILES string of the molecule is COCCNC(=O)C(C)NC(=O)c1cccc(OC)c1N. The minimum Gasteiger partial charge on any atom is -0.495 e. The largest absolute Gasteiger partial charge is 0.495 e. The molecule has 1 rings (SSSR count). The lowest BCUT2D eigenvalue weighted by atomic mass is 10.1. The van der Waals surface area contributed by atoms with Crippen molar-refractivity contribution in [1.29, 1.82) is 0 Å². The number of hydrogen-bond donors (Lipinski definition) is 3. The van der Waals surface area contributed by atoms with Gasteiger partial charge in [0, 0.05) is 13.7 Å². The van der Waals surface area contributed by atoms with Crippen LogP contribution in [0.4, 0.5) is 5.69 Å². The molecule has 7 nitrogen and oxygen atoms in total. The van der Waals surface area contributed by atoms with Crippen LogP contribution in [0.3, 0.4) is 0 Å². The molecule has 0 radical (unpaired) electrons. The van der Waals surface area contributed by atoms with Crippen molar-refractivity contribution in [3.05, 3.63) is 23.8 Å². The fraction of sp³-hybridized carbons (Fsp3) is 0.429. The number of carbonyl (C=O) groups is 2. The Hall–Kier alpha value is -2.28. The summed E-state index contributed by atoms with van der Waals surface area (Å²) in [6.45, 7) is 2.39. The monoisotopic (exact) mass is 295 g/mol. The topological polar surface area (TPSA) is 103 Å². The number of nitrogens with two attached hydrogens (primary N) is 1. The van der Waals surface area contributed by atoms with Crippen LogP contribution in [-0.4, -0.2) is 45.2 Å². The Kier molecular flexibility index (Phi) is 6.48. The van der Waals surface area contributed by atoms with E-state index in [9.17, 15) is 9.59 Å². The Morgan fingerprint density at radius 2 is 2.05 bits per heavy atom. The van der Waals surface area contributed by atoms with Gasteiger partial charge in [-0.3, -0.25) is 9.59 Å². The third kappa shape index (κ3) is 4.64. The molecular formula is C14H21N3O4. The predicted octanol–water partition coefficient (Wildman–Crippen LogP) is 0.158. The van der Waals surface area contributed by atoms with E-state index in [4.69, 9.17) is 15.2 Å². The highest BCUT2D eigenvalue weighted by atomic mass is 16.5. The summed E-state index contributed by atoms with van der Waals surface area (Å²) in [4.78, 5) is 23.9. The Morgan fingerprint density at radius 3 is 2.67 bits per heavy atom. The fourth-order valence-corrected chi connectivity index (χ4v) is 1.69. The molecule has 0 spiro atoms. The summed E-state index contributed by atoms with van der Waals surface area (Å²) < 4.78 is 9.89. The molecule has 0 aromatic heterocycles. The Balaban J connectivity index is 2.66. The van der Waals surface area contributed by atoms with Gasteiger partial charge in [0.1, 0.15) is 11.8 Å². The number of anilines is 1. The van der Waals surface area contributed by atoms with E-state index in [1.54, 1.807) is 32.2 Å². The fourth-order valence-electron chi connectivity index (χ4n) is 1.69. The number of nitrogens with one attached hydrogen (secondary N) is 2. The van der Waals surface area contributed by atoms with Crippen molar-refractivity contribution < 1.29 is 19.1 Å². The molecule has 2 amide bonds. The molecule has 0 fully saturated rings. The molecule has 1 atom stereocenters. The Labute approximate surface area is 123 Å². The highest BCUT2D eigenvalue weighted by molar-refractivity contribution is 6.02. The Morgan fingerprint density at radius 1 is 1.33 bits per heavy atom. The lowest BCUT2D eigenvalue weighted by Crippen LogP contribution is -2.45. The van der Waals surface area contributed by atoms with E-state index in [0.29, 0.717) is 18.9 Å². The van der Waals surface area contributed by atoms with Gasteiger partial charge in [-0.25, -0.2) is 0 Å². The van der Waals surface area contributed by atoms with Gasteiger partial charge in [-0.2, -0.15) is 0 Å². The van der Waals surface area contributed by atoms with Crippen molar-refractivity contribution in [2.45, 2.75) is 13.0 Å². The summed E-state index contributed by atoms with van der Waals surface area (Å²) in [5.74, 6) is -0.303. The first-order valence-corrected chi connectivity index (χ1v) is 6.51. The second-order valence-corrected chi connectivity index (χ2v) is 4.40. The van der Waals surface area contributed by atoms with Crippen molar-refractivity contribution in [3.63, 3.8) is 0 Å². The highest BCUT2D eigenvalue weighted by Gasteiger charge is 2.18. The molecule has 0 saturated heterocycles. The minimum atomic E-state index is -0.681. The van der Waals surface area contributed by atoms with Crippen LogP contribution in [0, 0.1) is 0 Å². The molecule has 0 saturated carbocycles. The van der Waals surface area contributed by atoms with Gasteiger partial charge in [0.25, 0.3) is 5.91 Å². The summed E-state index contributed by atoms with van der Waals surface area (Å²) in [5, 5.41) is 5.23. The lowest BCUT2D eigenvalue weighted by molar-refractivity contribution is -0.122. The predicted molar refractivity (Wildman–Crippen MR) is 79.2 cm³/mol. The van der Waals surface area contributed by atoms with Crippen molar-refractivity contribution in [1.82, 2.24) is 10.6 Å². The molecule has 7 heteroatoms. The number of benzene rings is 1. The zero-order chi connectivity index (χ0) is 15.8. The van der Waals surface area contributed by atoms with E-state index in [1.807, 2.05) is 0 Å². The third-order valence-electron chi connectivity index (χ3n) is 2.88. The number of para-hydroxylation sites is 1. The van der Waals surface area contributed by atoms with Gasteiger partial charge in [-0.05, 0) is 19.1 Å². The summed E-state index contributed by atoms with van der Waals surface area (Å²) in [7, 11) is 3.02. The van der Waals surface area contributed by atoms with Gasteiger partial charge < -0.3 is 25.8 Å². The summed E-state index contributed by atoms with van der Waals surface area (Å²) >= 11 is 0. The van der Waals surface area contributed by atoms with E-state index in [0.717, 1.165) is 0 Å². The molecule has 0 aliphatic heterocycles. The molecule has 0 aliphatic rings. The number of carbonyl (C=O) groups excluding carboxylic acids is 2. The van der Waals surface area contributed by atoms with Crippen LogP contribution in [0.25, 0.3) is 0 Å². The van der Waals surface area contributed by atoms with E-state index in [2.05, 4.69) is 10.6 Å². The molecule has 21 heavy (non-hydrogen) atoms. The van der Waals surface area contributed by atoms with Gasteiger partial charge in [0.2, 0.25) is 5.91 Å². The van der Waals surface area contributed by atoms with Gasteiger partial charge in [-0.1, -0.05) is 6.07 Å². The summed E-state index contributed by atoms with van der Waals surface area (Å²) in [5.41, 5.74) is 6.35. The van der Waals surface area contributed by atoms with Crippen molar-refractivity contribution in [2.24, 2.45) is 0 Å². The van der Waals surface area contributed by atoms with Crippen molar-refractivity contribution in [3.8, 4) is 5.75 Å². The van der Waals surface area contributed by atoms with E-state index in [-0.39, 0.29) is 17.2 Å². The van der Waals surface area contributed by atoms with Crippen LogP contribution in [0.15, 0.2) is 18.2 Å². The summed E-state index contributed by atoms with van der Waals surface area (Å²) in [6, 6.07) is 4.21. The quantitative estimate of drug-likeness (QED) is 0.491. The van der Waals surface area contributed by atoms with Crippen molar-refractivity contribution >= 4 is 17.5 Å². The zero-order valence-corrected chi connectivity index (χ0v) is 12.4. The first-order valence-electron chi connectivity index (χ1n) is 6.51.